The van der Waals surface area contributed by atoms with E-state index < -0.39 is 0 Å². The highest BCUT2D eigenvalue weighted by Gasteiger charge is 2.17. The fourth-order valence-corrected chi connectivity index (χ4v) is 1.63. The fraction of sp³-hybridized carbons (Fsp3) is 0. The zero-order valence-corrected chi connectivity index (χ0v) is 9.80. The Morgan fingerprint density at radius 2 is 1.58 bits per heavy atom. The van der Waals surface area contributed by atoms with Crippen LogP contribution >= 0.6 is 0 Å². The van der Waals surface area contributed by atoms with Gasteiger partial charge in [0.15, 0.2) is 0 Å². The van der Waals surface area contributed by atoms with Crippen LogP contribution in [0.3, 0.4) is 0 Å². The van der Waals surface area contributed by atoms with Gasteiger partial charge in [-0.2, -0.15) is 5.26 Å². The summed E-state index contributed by atoms with van der Waals surface area (Å²) >= 11 is 0. The molecule has 6 heteroatoms. The van der Waals surface area contributed by atoms with Gasteiger partial charge in [-0.1, -0.05) is 23.2 Å². The van der Waals surface area contributed by atoms with E-state index in [2.05, 4.69) is 5.28 Å². The summed E-state index contributed by atoms with van der Waals surface area (Å²) in [6, 6.07) is 16.9. The largest absolute Gasteiger partial charge is 0.737 e. The molecule has 2 rings (SSSR count). The average Bonchev–Trinajstić information content (AvgIpc) is 2.49. The molecule has 0 N–H and O–H groups in total. The SMILES string of the molecule is N#Cc1ccc(N(c2ccccc2)/[N+]([O-])=N\[O-])cc1. The highest BCUT2D eigenvalue weighted by Crippen LogP contribution is 2.25. The highest BCUT2D eigenvalue weighted by atomic mass is 16.6. The Morgan fingerprint density at radius 3 is 2.11 bits per heavy atom. The maximum Gasteiger partial charge on any atom is 0.109 e. The second-order valence-electron chi connectivity index (χ2n) is 3.64. The summed E-state index contributed by atoms with van der Waals surface area (Å²) in [6.45, 7) is 0. The summed E-state index contributed by atoms with van der Waals surface area (Å²) in [4.78, 5) is -0.0449. The van der Waals surface area contributed by atoms with Gasteiger partial charge in [-0.3, -0.25) is 0 Å². The van der Waals surface area contributed by atoms with Gasteiger partial charge in [0.2, 0.25) is 0 Å². The predicted octanol–water partition coefficient (Wildman–Crippen LogP) is 3.07. The van der Waals surface area contributed by atoms with E-state index >= 15 is 0 Å². The van der Waals surface area contributed by atoms with Gasteiger partial charge < -0.3 is 10.4 Å². The molecule has 19 heavy (non-hydrogen) atoms. The molecule has 0 saturated carbocycles. The van der Waals surface area contributed by atoms with Gasteiger partial charge in [-0.25, -0.2) is 0 Å². The number of rotatable bonds is 3. The van der Waals surface area contributed by atoms with Crippen molar-refractivity contribution < 1.29 is 4.97 Å². The molecule has 94 valence electrons. The van der Waals surface area contributed by atoms with E-state index in [1.807, 2.05) is 6.07 Å². The minimum absolute atomic E-state index is 0.0449. The van der Waals surface area contributed by atoms with Crippen LogP contribution in [-0.2, 0) is 0 Å². The second kappa shape index (κ2) is 5.51. The van der Waals surface area contributed by atoms with Crippen molar-refractivity contribution in [3.63, 3.8) is 0 Å². The quantitative estimate of drug-likeness (QED) is 0.477. The van der Waals surface area contributed by atoms with Gasteiger partial charge in [0.1, 0.15) is 11.4 Å². The topological polar surface area (TPSA) is 88.5 Å². The van der Waals surface area contributed by atoms with E-state index in [-0.39, 0.29) is 4.97 Å². The first-order valence-electron chi connectivity index (χ1n) is 5.42. The number of nitrogens with zero attached hydrogens (tertiary/aromatic N) is 4. The van der Waals surface area contributed by atoms with E-state index in [0.29, 0.717) is 16.9 Å². The van der Waals surface area contributed by atoms with Gasteiger partial charge in [0.05, 0.1) is 11.6 Å². The van der Waals surface area contributed by atoms with Crippen LogP contribution in [0.4, 0.5) is 11.4 Å². The van der Waals surface area contributed by atoms with Crippen molar-refractivity contribution >= 4 is 11.4 Å². The Balaban J connectivity index is 2.47. The second-order valence-corrected chi connectivity index (χ2v) is 3.64. The van der Waals surface area contributed by atoms with Crippen molar-refractivity contribution in [1.29, 1.82) is 5.26 Å². The van der Waals surface area contributed by atoms with E-state index in [1.54, 1.807) is 54.6 Å². The van der Waals surface area contributed by atoms with Crippen molar-refractivity contribution in [2.75, 3.05) is 5.01 Å². The first-order valence-corrected chi connectivity index (χ1v) is 5.42. The number of hydrogen-bond donors (Lipinski definition) is 0. The Labute approximate surface area is 109 Å². The number of anilines is 2. The van der Waals surface area contributed by atoms with Crippen molar-refractivity contribution in [2.45, 2.75) is 0 Å². The summed E-state index contributed by atoms with van der Waals surface area (Å²) in [5.41, 5.74) is 1.41. The van der Waals surface area contributed by atoms with E-state index in [9.17, 15) is 10.4 Å². The average molecular weight is 253 g/mol. The van der Waals surface area contributed by atoms with Crippen LogP contribution in [0, 0.1) is 21.7 Å². The molecule has 2 aromatic rings. The zero-order valence-electron chi connectivity index (χ0n) is 9.80. The first kappa shape index (κ1) is 12.4. The molecule has 0 aromatic heterocycles. The molecule has 0 unspecified atom stereocenters. The molecule has 0 saturated heterocycles. The van der Waals surface area contributed by atoms with Gasteiger partial charge in [-0.15, -0.1) is 0 Å². The zero-order chi connectivity index (χ0) is 13.7. The summed E-state index contributed by atoms with van der Waals surface area (Å²) < 4.78 is 0. The summed E-state index contributed by atoms with van der Waals surface area (Å²) in [5.74, 6) is 0. The molecule has 0 amide bonds. The molecular weight excluding hydrogens is 244 g/mol. The van der Waals surface area contributed by atoms with Crippen molar-refractivity contribution in [1.82, 2.24) is 0 Å². The molecule has 0 aliphatic rings. The molecule has 0 aliphatic carbocycles. The van der Waals surface area contributed by atoms with Crippen LogP contribution in [0.2, 0.25) is 0 Å². The smallest absolute Gasteiger partial charge is 0.109 e. The van der Waals surface area contributed by atoms with Crippen LogP contribution in [0.1, 0.15) is 5.56 Å². The third kappa shape index (κ3) is 2.61. The Morgan fingerprint density at radius 1 is 1.00 bits per heavy atom. The third-order valence-corrected chi connectivity index (χ3v) is 2.48. The minimum Gasteiger partial charge on any atom is -0.737 e. The van der Waals surface area contributed by atoms with Crippen LogP contribution in [-0.4, -0.2) is 4.97 Å². The monoisotopic (exact) mass is 253 g/mol. The maximum absolute atomic E-state index is 11.6. The molecule has 6 nitrogen and oxygen atoms in total. The molecule has 0 fully saturated rings. The maximum atomic E-state index is 11.6. The Hall–Kier alpha value is -3.07. The van der Waals surface area contributed by atoms with E-state index in [0.717, 1.165) is 5.01 Å². The summed E-state index contributed by atoms with van der Waals surface area (Å²) in [5, 5.41) is 34.3. The Kier molecular flexibility index (Phi) is 3.59. The van der Waals surface area contributed by atoms with Crippen LogP contribution in [0.5, 0.6) is 0 Å². The summed E-state index contributed by atoms with van der Waals surface area (Å²) in [6.07, 6.45) is 0. The van der Waals surface area contributed by atoms with Crippen LogP contribution < -0.4 is 5.01 Å². The molecule has 0 bridgehead atoms. The third-order valence-electron chi connectivity index (χ3n) is 2.48. The van der Waals surface area contributed by atoms with E-state index in [1.165, 1.54) is 0 Å². The number of hydrazine groups is 1. The predicted molar refractivity (Wildman–Crippen MR) is 69.2 cm³/mol. The molecule has 0 radical (unpaired) electrons. The van der Waals surface area contributed by atoms with Gasteiger partial charge in [0.25, 0.3) is 0 Å². The molecule has 0 aliphatic heterocycles. The van der Waals surface area contributed by atoms with Crippen molar-refractivity contribution in [2.24, 2.45) is 5.28 Å². The molecule has 0 spiro atoms. The lowest BCUT2D eigenvalue weighted by Gasteiger charge is -2.19. The lowest BCUT2D eigenvalue weighted by atomic mass is 10.2. The van der Waals surface area contributed by atoms with Crippen molar-refractivity contribution in [3.05, 3.63) is 70.6 Å². The fourth-order valence-electron chi connectivity index (χ4n) is 1.63. The molecule has 0 heterocycles. The highest BCUT2D eigenvalue weighted by molar-refractivity contribution is 5.60. The number of hydrogen-bond acceptors (Lipinski definition) is 4. The van der Waals surface area contributed by atoms with Gasteiger partial charge in [0, 0.05) is 4.97 Å². The normalized spacial score (nSPS) is 10.8. The molecule has 0 atom stereocenters. The Bertz CT molecular complexity index is 617. The molecular formula is C13H9N4O2-. The molecule has 2 aromatic carbocycles. The summed E-state index contributed by atoms with van der Waals surface area (Å²) in [7, 11) is 0. The number of benzene rings is 2. The standard InChI is InChI=1S/C13H10N4O2/c14-10-11-6-8-13(9-7-11)16(17(19)15-18)12-4-2-1-3-5-12/h1-9,18H/p-1/b17-15+. The van der Waals surface area contributed by atoms with Crippen LogP contribution in [0.25, 0.3) is 0 Å². The van der Waals surface area contributed by atoms with Crippen molar-refractivity contribution in [3.8, 4) is 6.07 Å². The lowest BCUT2D eigenvalue weighted by molar-refractivity contribution is -0.529. The minimum atomic E-state index is -0.0449. The van der Waals surface area contributed by atoms with E-state index in [4.69, 9.17) is 5.26 Å². The lowest BCUT2D eigenvalue weighted by Crippen LogP contribution is -2.24. The van der Waals surface area contributed by atoms with Crippen LogP contribution in [0.15, 0.2) is 59.9 Å². The first-order chi connectivity index (χ1) is 9.26. The number of para-hydroxylation sites is 1. The van der Waals surface area contributed by atoms with Gasteiger partial charge >= 0.3 is 0 Å². The van der Waals surface area contributed by atoms with Gasteiger partial charge in [-0.05, 0) is 41.7 Å². The number of nitriles is 1.